The first-order valence-electron chi connectivity index (χ1n) is 7.28. The number of fused-ring (bicyclic) bond motifs is 3. The quantitative estimate of drug-likeness (QED) is 0.605. The van der Waals surface area contributed by atoms with Crippen molar-refractivity contribution in [3.05, 3.63) is 42.2 Å². The van der Waals surface area contributed by atoms with Gasteiger partial charge in [0.25, 0.3) is 0 Å². The molecule has 0 atom stereocenters. The highest BCUT2D eigenvalue weighted by Crippen LogP contribution is 2.26. The predicted molar refractivity (Wildman–Crippen MR) is 86.8 cm³/mol. The van der Waals surface area contributed by atoms with Gasteiger partial charge in [-0.25, -0.2) is 9.97 Å². The van der Waals surface area contributed by atoms with Gasteiger partial charge in [-0.1, -0.05) is 0 Å². The number of nitrogens with zero attached hydrogens (tertiary/aromatic N) is 4. The number of nitrogens with two attached hydrogens (primary N) is 1. The lowest BCUT2D eigenvalue weighted by atomic mass is 10.1. The van der Waals surface area contributed by atoms with Gasteiger partial charge in [0.15, 0.2) is 5.82 Å². The third-order valence-corrected chi connectivity index (χ3v) is 3.88. The zero-order valence-electron chi connectivity index (χ0n) is 12.4. The molecule has 7 heteroatoms. The molecular weight excluding hydrogens is 292 g/mol. The molecule has 0 bridgehead atoms. The maximum Gasteiger partial charge on any atom is 0.248 e. The van der Waals surface area contributed by atoms with Crippen LogP contribution in [0.2, 0.25) is 0 Å². The molecule has 3 N–H and O–H groups in total. The Balaban J connectivity index is 1.93. The first kappa shape index (κ1) is 13.4. The van der Waals surface area contributed by atoms with E-state index in [4.69, 9.17) is 5.73 Å². The number of aryl methyl sites for hydroxylation is 1. The summed E-state index contributed by atoms with van der Waals surface area (Å²) in [5, 5.41) is 5.98. The second kappa shape index (κ2) is 4.91. The van der Waals surface area contributed by atoms with E-state index in [1.54, 1.807) is 24.5 Å². The summed E-state index contributed by atoms with van der Waals surface area (Å²) >= 11 is 0. The first-order chi connectivity index (χ1) is 11.2. The van der Waals surface area contributed by atoms with E-state index in [-0.39, 0.29) is 0 Å². The highest BCUT2D eigenvalue weighted by molar-refractivity contribution is 6.08. The second-order valence-electron chi connectivity index (χ2n) is 5.24. The first-order valence-corrected chi connectivity index (χ1v) is 7.28. The monoisotopic (exact) mass is 306 g/mol. The van der Waals surface area contributed by atoms with Gasteiger partial charge in [0.1, 0.15) is 11.3 Å². The molecule has 0 aliphatic heterocycles. The number of benzene rings is 1. The van der Waals surface area contributed by atoms with Gasteiger partial charge < -0.3 is 10.7 Å². The van der Waals surface area contributed by atoms with Crippen molar-refractivity contribution in [1.82, 2.24) is 24.7 Å². The van der Waals surface area contributed by atoms with Crippen molar-refractivity contribution in [2.45, 2.75) is 13.5 Å². The molecule has 0 fully saturated rings. The minimum Gasteiger partial charge on any atom is -0.366 e. The van der Waals surface area contributed by atoms with Crippen molar-refractivity contribution >= 4 is 27.8 Å². The number of carbonyl (C=O) groups excluding carboxylic acids is 1. The van der Waals surface area contributed by atoms with Crippen LogP contribution >= 0.6 is 0 Å². The fourth-order valence-electron chi connectivity index (χ4n) is 2.73. The number of carbonyl (C=O) groups is 1. The van der Waals surface area contributed by atoms with E-state index in [0.29, 0.717) is 11.4 Å². The van der Waals surface area contributed by atoms with Crippen LogP contribution in [0.25, 0.3) is 33.5 Å². The lowest BCUT2D eigenvalue weighted by molar-refractivity contribution is 0.100. The van der Waals surface area contributed by atoms with Gasteiger partial charge in [0, 0.05) is 40.8 Å². The van der Waals surface area contributed by atoms with Crippen molar-refractivity contribution < 1.29 is 4.79 Å². The molecule has 0 aliphatic carbocycles. The summed E-state index contributed by atoms with van der Waals surface area (Å²) < 4.78 is 1.84. The Kier molecular flexibility index (Phi) is 2.87. The van der Waals surface area contributed by atoms with Crippen LogP contribution in [-0.2, 0) is 6.54 Å². The Bertz CT molecular complexity index is 1050. The number of aromatic amines is 1. The highest BCUT2D eigenvalue weighted by Gasteiger charge is 2.12. The van der Waals surface area contributed by atoms with Gasteiger partial charge in [-0.2, -0.15) is 5.10 Å². The minimum absolute atomic E-state index is 0.453. The third kappa shape index (κ3) is 2.05. The fraction of sp³-hybridized carbons (Fsp3) is 0.125. The molecule has 0 saturated carbocycles. The average Bonchev–Trinajstić information content (AvgIpc) is 3.17. The molecule has 3 aromatic heterocycles. The van der Waals surface area contributed by atoms with Gasteiger partial charge in [-0.15, -0.1) is 0 Å². The van der Waals surface area contributed by atoms with Crippen LogP contribution in [0.4, 0.5) is 0 Å². The van der Waals surface area contributed by atoms with E-state index in [0.717, 1.165) is 34.2 Å². The molecule has 1 aromatic carbocycles. The molecule has 4 aromatic rings. The molecule has 23 heavy (non-hydrogen) atoms. The lowest BCUT2D eigenvalue weighted by Crippen LogP contribution is -2.10. The summed E-state index contributed by atoms with van der Waals surface area (Å²) in [4.78, 5) is 23.6. The average molecular weight is 306 g/mol. The van der Waals surface area contributed by atoms with E-state index in [1.165, 1.54) is 0 Å². The summed E-state index contributed by atoms with van der Waals surface area (Å²) in [6, 6.07) is 7.17. The van der Waals surface area contributed by atoms with Gasteiger partial charge >= 0.3 is 0 Å². The summed E-state index contributed by atoms with van der Waals surface area (Å²) in [5.41, 5.74) is 8.29. The van der Waals surface area contributed by atoms with E-state index in [1.807, 2.05) is 23.7 Å². The third-order valence-electron chi connectivity index (χ3n) is 3.88. The van der Waals surface area contributed by atoms with E-state index in [9.17, 15) is 4.79 Å². The standard InChI is InChI=1S/C16H14N6O/c1-2-22-13(5-6-19-22)16-18-8-11-10-7-9(14(17)23)3-4-12(10)20-15(11)21-16/h3-8H,2H2,1H3,(H2,17,23)(H,18,20,21). The number of aromatic nitrogens is 5. The second-order valence-corrected chi connectivity index (χ2v) is 5.24. The molecule has 4 rings (SSSR count). The van der Waals surface area contributed by atoms with Gasteiger partial charge in [-0.3, -0.25) is 9.48 Å². The molecule has 3 heterocycles. The topological polar surface area (TPSA) is 102 Å². The Morgan fingerprint density at radius 1 is 1.30 bits per heavy atom. The Labute approximate surface area is 131 Å². The molecule has 0 saturated heterocycles. The molecular formula is C16H14N6O. The van der Waals surface area contributed by atoms with Crippen molar-refractivity contribution in [2.24, 2.45) is 5.73 Å². The zero-order valence-corrected chi connectivity index (χ0v) is 12.4. The van der Waals surface area contributed by atoms with Crippen LogP contribution < -0.4 is 5.73 Å². The van der Waals surface area contributed by atoms with Crippen LogP contribution in [0.15, 0.2) is 36.7 Å². The van der Waals surface area contributed by atoms with Gasteiger partial charge in [-0.05, 0) is 31.2 Å². The number of rotatable bonds is 3. The molecule has 0 radical (unpaired) electrons. The van der Waals surface area contributed by atoms with Crippen LogP contribution in [0.1, 0.15) is 17.3 Å². The molecule has 7 nitrogen and oxygen atoms in total. The molecule has 0 spiro atoms. The molecule has 0 unspecified atom stereocenters. The summed E-state index contributed by atoms with van der Waals surface area (Å²) in [7, 11) is 0. The van der Waals surface area contributed by atoms with E-state index < -0.39 is 5.91 Å². The van der Waals surface area contributed by atoms with Gasteiger partial charge in [0.2, 0.25) is 5.91 Å². The van der Waals surface area contributed by atoms with Crippen LogP contribution in [0.5, 0.6) is 0 Å². The van der Waals surface area contributed by atoms with E-state index in [2.05, 4.69) is 20.1 Å². The van der Waals surface area contributed by atoms with Crippen LogP contribution in [-0.4, -0.2) is 30.6 Å². The van der Waals surface area contributed by atoms with Crippen molar-refractivity contribution in [2.75, 3.05) is 0 Å². The Morgan fingerprint density at radius 2 is 2.17 bits per heavy atom. The summed E-state index contributed by atoms with van der Waals surface area (Å²) in [6.45, 7) is 2.77. The number of hydrogen-bond acceptors (Lipinski definition) is 4. The molecule has 0 aliphatic rings. The Morgan fingerprint density at radius 3 is 2.96 bits per heavy atom. The number of hydrogen-bond donors (Lipinski definition) is 2. The van der Waals surface area contributed by atoms with Crippen molar-refractivity contribution in [3.63, 3.8) is 0 Å². The molecule has 114 valence electrons. The summed E-state index contributed by atoms with van der Waals surface area (Å²) in [6.07, 6.45) is 3.49. The van der Waals surface area contributed by atoms with E-state index >= 15 is 0 Å². The lowest BCUT2D eigenvalue weighted by Gasteiger charge is -2.02. The zero-order chi connectivity index (χ0) is 16.0. The van der Waals surface area contributed by atoms with Crippen molar-refractivity contribution in [3.8, 4) is 11.5 Å². The smallest absolute Gasteiger partial charge is 0.248 e. The normalized spacial score (nSPS) is 11.3. The number of H-pyrrole nitrogens is 1. The van der Waals surface area contributed by atoms with Crippen LogP contribution in [0, 0.1) is 0 Å². The fourth-order valence-corrected chi connectivity index (χ4v) is 2.73. The molecule has 1 amide bonds. The summed E-state index contributed by atoms with van der Waals surface area (Å²) in [5.74, 6) is 0.157. The largest absolute Gasteiger partial charge is 0.366 e. The number of nitrogens with one attached hydrogen (secondary N) is 1. The number of primary amides is 1. The highest BCUT2D eigenvalue weighted by atomic mass is 16.1. The Hall–Kier alpha value is -3.22. The van der Waals surface area contributed by atoms with Crippen molar-refractivity contribution in [1.29, 1.82) is 0 Å². The number of amides is 1. The van der Waals surface area contributed by atoms with Crippen LogP contribution in [0.3, 0.4) is 0 Å². The maximum absolute atomic E-state index is 11.4. The maximum atomic E-state index is 11.4. The predicted octanol–water partition coefficient (Wildman–Crippen LogP) is 2.09. The minimum atomic E-state index is -0.453. The SMILES string of the molecule is CCn1nccc1-c1ncc2c(n1)[nH]c1ccc(C(N)=O)cc12. The van der Waals surface area contributed by atoms with Gasteiger partial charge in [0.05, 0.1) is 0 Å².